The first-order valence-electron chi connectivity index (χ1n) is 8.69. The number of amides is 1. The molecule has 1 atom stereocenters. The quantitative estimate of drug-likeness (QED) is 0.735. The topological polar surface area (TPSA) is 43.3 Å². The van der Waals surface area contributed by atoms with Gasteiger partial charge in [-0.3, -0.25) is 0 Å². The van der Waals surface area contributed by atoms with Crippen molar-refractivity contribution in [1.82, 2.24) is 9.88 Å². The van der Waals surface area contributed by atoms with E-state index in [1.807, 2.05) is 12.1 Å². The van der Waals surface area contributed by atoms with E-state index in [-0.39, 0.29) is 6.09 Å². The Balaban J connectivity index is 1.70. The molecule has 1 aromatic heterocycles. The Labute approximate surface area is 138 Å². The number of unbranched alkanes of at least 4 members (excludes halogenated alkanes) is 1. The van der Waals surface area contributed by atoms with Crippen LogP contribution in [-0.2, 0) is 11.3 Å². The number of ether oxygens (including phenoxy) is 1. The zero-order valence-electron chi connectivity index (χ0n) is 14.3. The van der Waals surface area contributed by atoms with Gasteiger partial charge in [-0.05, 0) is 29.9 Å². The van der Waals surface area contributed by atoms with Crippen molar-refractivity contribution in [3.8, 4) is 0 Å². The standard InChI is InChI=1S/C19H28N2O2/c1-3-5-8-16(4-2)15-23-19(22)20-12-14-21-13-11-17-9-6-7-10-18(17)21/h6-7,9-11,13,16H,3-5,8,12,14-15H2,1-2H3,(H,20,22). The van der Waals surface area contributed by atoms with Gasteiger partial charge in [0.1, 0.15) is 0 Å². The van der Waals surface area contributed by atoms with Gasteiger partial charge in [-0.15, -0.1) is 0 Å². The summed E-state index contributed by atoms with van der Waals surface area (Å²) in [4.78, 5) is 11.8. The van der Waals surface area contributed by atoms with Crippen LogP contribution in [0.1, 0.15) is 39.5 Å². The zero-order chi connectivity index (χ0) is 16.5. The highest BCUT2D eigenvalue weighted by atomic mass is 16.5. The largest absolute Gasteiger partial charge is 0.449 e. The molecule has 0 fully saturated rings. The number of aromatic nitrogens is 1. The maximum Gasteiger partial charge on any atom is 0.407 e. The van der Waals surface area contributed by atoms with Crippen molar-refractivity contribution in [2.75, 3.05) is 13.2 Å². The average molecular weight is 316 g/mol. The van der Waals surface area contributed by atoms with E-state index in [1.54, 1.807) is 0 Å². The van der Waals surface area contributed by atoms with Crippen LogP contribution in [0, 0.1) is 5.92 Å². The molecule has 2 rings (SSSR count). The Bertz CT molecular complexity index is 606. The van der Waals surface area contributed by atoms with E-state index < -0.39 is 0 Å². The van der Waals surface area contributed by atoms with E-state index >= 15 is 0 Å². The molecular weight excluding hydrogens is 288 g/mol. The molecule has 1 heterocycles. The fourth-order valence-corrected chi connectivity index (χ4v) is 2.76. The summed E-state index contributed by atoms with van der Waals surface area (Å²) in [5.41, 5.74) is 1.19. The summed E-state index contributed by atoms with van der Waals surface area (Å²) >= 11 is 0. The molecule has 0 aliphatic rings. The Hall–Kier alpha value is -1.97. The summed E-state index contributed by atoms with van der Waals surface area (Å²) in [5, 5.41) is 4.06. The lowest BCUT2D eigenvalue weighted by Gasteiger charge is -2.15. The number of benzene rings is 1. The van der Waals surface area contributed by atoms with E-state index in [4.69, 9.17) is 4.74 Å². The number of hydrogen-bond acceptors (Lipinski definition) is 2. The second-order valence-electron chi connectivity index (χ2n) is 6.01. The van der Waals surface area contributed by atoms with Crippen LogP contribution in [0.4, 0.5) is 4.79 Å². The molecule has 0 bridgehead atoms. The minimum atomic E-state index is -0.309. The SMILES string of the molecule is CCCCC(CC)COC(=O)NCCn1ccc2ccccc21. The number of fused-ring (bicyclic) bond motifs is 1. The Morgan fingerprint density at radius 1 is 1.26 bits per heavy atom. The normalized spacial score (nSPS) is 12.3. The fraction of sp³-hybridized carbons (Fsp3) is 0.526. The van der Waals surface area contributed by atoms with Gasteiger partial charge >= 0.3 is 6.09 Å². The van der Waals surface area contributed by atoms with Crippen LogP contribution in [0.3, 0.4) is 0 Å². The van der Waals surface area contributed by atoms with Crippen molar-refractivity contribution >= 4 is 17.0 Å². The lowest BCUT2D eigenvalue weighted by Crippen LogP contribution is -2.29. The van der Waals surface area contributed by atoms with E-state index in [0.717, 1.165) is 19.4 Å². The first-order chi connectivity index (χ1) is 11.2. The molecule has 0 spiro atoms. The van der Waals surface area contributed by atoms with Gasteiger partial charge in [0.2, 0.25) is 0 Å². The third kappa shape index (κ3) is 5.31. The second kappa shape index (κ2) is 9.23. The minimum Gasteiger partial charge on any atom is -0.449 e. The van der Waals surface area contributed by atoms with E-state index in [9.17, 15) is 4.79 Å². The van der Waals surface area contributed by atoms with Crippen LogP contribution in [0.25, 0.3) is 10.9 Å². The summed E-state index contributed by atoms with van der Waals surface area (Å²) in [6.07, 6.45) is 6.32. The van der Waals surface area contributed by atoms with Gasteiger partial charge in [0, 0.05) is 24.8 Å². The summed E-state index contributed by atoms with van der Waals surface area (Å²) in [5.74, 6) is 0.481. The highest BCUT2D eigenvalue weighted by molar-refractivity contribution is 5.79. The van der Waals surface area contributed by atoms with E-state index in [2.05, 4.69) is 48.1 Å². The number of nitrogens with one attached hydrogen (secondary N) is 1. The molecule has 4 heteroatoms. The molecule has 1 unspecified atom stereocenters. The molecule has 1 aromatic carbocycles. The van der Waals surface area contributed by atoms with Gasteiger partial charge in [-0.1, -0.05) is 51.3 Å². The molecule has 23 heavy (non-hydrogen) atoms. The van der Waals surface area contributed by atoms with Gasteiger partial charge in [0.05, 0.1) is 6.61 Å². The highest BCUT2D eigenvalue weighted by Gasteiger charge is 2.09. The number of alkyl carbamates (subject to hydrolysis) is 1. The smallest absolute Gasteiger partial charge is 0.407 e. The van der Waals surface area contributed by atoms with E-state index in [0.29, 0.717) is 19.1 Å². The number of rotatable bonds is 9. The van der Waals surface area contributed by atoms with Crippen LogP contribution in [0.2, 0.25) is 0 Å². The molecular formula is C19H28N2O2. The zero-order valence-corrected chi connectivity index (χ0v) is 14.3. The fourth-order valence-electron chi connectivity index (χ4n) is 2.76. The summed E-state index contributed by atoms with van der Waals surface area (Å²) in [7, 11) is 0. The molecule has 0 saturated heterocycles. The van der Waals surface area contributed by atoms with Crippen LogP contribution in [-0.4, -0.2) is 23.8 Å². The van der Waals surface area contributed by atoms with Gasteiger partial charge in [-0.2, -0.15) is 0 Å². The molecule has 126 valence electrons. The van der Waals surface area contributed by atoms with Gasteiger partial charge in [0.15, 0.2) is 0 Å². The van der Waals surface area contributed by atoms with Crippen LogP contribution < -0.4 is 5.32 Å². The number of carbonyl (C=O) groups is 1. The van der Waals surface area contributed by atoms with Gasteiger partial charge in [-0.25, -0.2) is 4.79 Å². The first kappa shape index (κ1) is 17.4. The monoisotopic (exact) mass is 316 g/mol. The van der Waals surface area contributed by atoms with Crippen molar-refractivity contribution in [2.24, 2.45) is 5.92 Å². The molecule has 0 radical (unpaired) electrons. The lowest BCUT2D eigenvalue weighted by molar-refractivity contribution is 0.122. The number of nitrogens with zero attached hydrogens (tertiary/aromatic N) is 1. The molecule has 2 aromatic rings. The third-order valence-electron chi connectivity index (χ3n) is 4.30. The van der Waals surface area contributed by atoms with Crippen LogP contribution >= 0.6 is 0 Å². The predicted molar refractivity (Wildman–Crippen MR) is 94.6 cm³/mol. The first-order valence-corrected chi connectivity index (χ1v) is 8.69. The molecule has 4 nitrogen and oxygen atoms in total. The number of hydrogen-bond donors (Lipinski definition) is 1. The Morgan fingerprint density at radius 3 is 2.87 bits per heavy atom. The highest BCUT2D eigenvalue weighted by Crippen LogP contribution is 2.15. The maximum atomic E-state index is 11.8. The second-order valence-corrected chi connectivity index (χ2v) is 6.01. The van der Waals surface area contributed by atoms with Crippen LogP contribution in [0.15, 0.2) is 36.5 Å². The van der Waals surface area contributed by atoms with Crippen LogP contribution in [0.5, 0.6) is 0 Å². The maximum absolute atomic E-state index is 11.8. The number of carbonyl (C=O) groups excluding carboxylic acids is 1. The van der Waals surface area contributed by atoms with Gasteiger partial charge < -0.3 is 14.6 Å². The molecule has 0 saturated carbocycles. The van der Waals surface area contributed by atoms with Crippen molar-refractivity contribution in [1.29, 1.82) is 0 Å². The average Bonchev–Trinajstić information content (AvgIpc) is 2.98. The van der Waals surface area contributed by atoms with Crippen molar-refractivity contribution in [3.05, 3.63) is 36.5 Å². The molecule has 0 aliphatic carbocycles. The Morgan fingerprint density at radius 2 is 2.09 bits per heavy atom. The molecule has 1 N–H and O–H groups in total. The molecule has 0 aliphatic heterocycles. The third-order valence-corrected chi connectivity index (χ3v) is 4.30. The van der Waals surface area contributed by atoms with Crippen molar-refractivity contribution in [3.63, 3.8) is 0 Å². The molecule has 1 amide bonds. The summed E-state index contributed by atoms with van der Waals surface area (Å²) < 4.78 is 7.48. The number of para-hydroxylation sites is 1. The minimum absolute atomic E-state index is 0.309. The Kier molecular flexibility index (Phi) is 6.98. The summed E-state index contributed by atoms with van der Waals surface area (Å²) in [6.45, 7) is 6.18. The van der Waals surface area contributed by atoms with Gasteiger partial charge in [0.25, 0.3) is 0 Å². The van der Waals surface area contributed by atoms with E-state index in [1.165, 1.54) is 23.7 Å². The summed E-state index contributed by atoms with van der Waals surface area (Å²) in [6, 6.07) is 10.3. The van der Waals surface area contributed by atoms with Crippen molar-refractivity contribution < 1.29 is 9.53 Å². The van der Waals surface area contributed by atoms with Crippen molar-refractivity contribution in [2.45, 2.75) is 46.1 Å². The lowest BCUT2D eigenvalue weighted by atomic mass is 10.0. The predicted octanol–water partition coefficient (Wildman–Crippen LogP) is 4.58.